The van der Waals surface area contributed by atoms with Gasteiger partial charge in [0, 0.05) is 9.79 Å². The standard InChI is InChI=1S/C20H20S/c1-3-5-9-15-12-13-18-16(8-4-2)17-10-6-7-11-19(17)21-20(18)14-15/h3,6-8,10-14H,1,4-5,9H2,2H3/b16-8-. The first-order chi connectivity index (χ1) is 10.3. The van der Waals surface area contributed by atoms with Crippen LogP contribution >= 0.6 is 11.8 Å². The van der Waals surface area contributed by atoms with Crippen LogP contribution in [0.3, 0.4) is 0 Å². The van der Waals surface area contributed by atoms with Gasteiger partial charge in [-0.15, -0.1) is 6.58 Å². The molecule has 0 N–H and O–H groups in total. The van der Waals surface area contributed by atoms with E-state index in [1.807, 2.05) is 17.8 Å². The van der Waals surface area contributed by atoms with E-state index in [1.54, 1.807) is 0 Å². The average molecular weight is 292 g/mol. The zero-order valence-electron chi connectivity index (χ0n) is 12.4. The fraction of sp³-hybridized carbons (Fsp3) is 0.200. The van der Waals surface area contributed by atoms with E-state index < -0.39 is 0 Å². The molecule has 106 valence electrons. The lowest BCUT2D eigenvalue weighted by atomic mass is 9.94. The van der Waals surface area contributed by atoms with Gasteiger partial charge in [0.05, 0.1) is 0 Å². The molecule has 0 aliphatic carbocycles. The molecule has 0 atom stereocenters. The zero-order valence-corrected chi connectivity index (χ0v) is 13.2. The smallest absolute Gasteiger partial charge is 0.0203 e. The number of rotatable bonds is 4. The van der Waals surface area contributed by atoms with E-state index >= 15 is 0 Å². The fourth-order valence-corrected chi connectivity index (χ4v) is 3.93. The minimum absolute atomic E-state index is 1.04. The Kier molecular flexibility index (Phi) is 4.31. The van der Waals surface area contributed by atoms with E-state index in [0.29, 0.717) is 0 Å². The largest absolute Gasteiger partial charge is 0.103 e. The van der Waals surface area contributed by atoms with Gasteiger partial charge in [-0.1, -0.05) is 61.2 Å². The molecular weight excluding hydrogens is 272 g/mol. The molecule has 1 aliphatic heterocycles. The molecule has 21 heavy (non-hydrogen) atoms. The van der Waals surface area contributed by atoms with E-state index in [-0.39, 0.29) is 0 Å². The molecule has 3 rings (SSSR count). The van der Waals surface area contributed by atoms with Crippen molar-refractivity contribution in [2.45, 2.75) is 36.0 Å². The first-order valence-corrected chi connectivity index (χ1v) is 8.36. The van der Waals surface area contributed by atoms with Gasteiger partial charge >= 0.3 is 0 Å². The molecule has 0 saturated carbocycles. The van der Waals surface area contributed by atoms with Gasteiger partial charge in [-0.05, 0) is 53.7 Å². The second kappa shape index (κ2) is 6.36. The van der Waals surface area contributed by atoms with Crippen LogP contribution in [0.4, 0.5) is 0 Å². The van der Waals surface area contributed by atoms with Crippen LogP contribution in [0.5, 0.6) is 0 Å². The van der Waals surface area contributed by atoms with Gasteiger partial charge in [0.15, 0.2) is 0 Å². The molecule has 0 bridgehead atoms. The van der Waals surface area contributed by atoms with Crippen molar-refractivity contribution in [1.82, 2.24) is 0 Å². The van der Waals surface area contributed by atoms with Crippen molar-refractivity contribution < 1.29 is 0 Å². The van der Waals surface area contributed by atoms with E-state index in [0.717, 1.165) is 19.3 Å². The van der Waals surface area contributed by atoms with E-state index in [4.69, 9.17) is 0 Å². The quantitative estimate of drug-likeness (QED) is 0.523. The Morgan fingerprint density at radius 1 is 1.05 bits per heavy atom. The third-order valence-corrected chi connectivity index (χ3v) is 4.91. The molecule has 0 fully saturated rings. The SMILES string of the molecule is C=CCCc1ccc2c(c1)Sc1ccccc1/C2=C/CC. The summed E-state index contributed by atoms with van der Waals surface area (Å²) in [5.41, 5.74) is 5.53. The molecular formula is C20H20S. The predicted molar refractivity (Wildman–Crippen MR) is 92.9 cm³/mol. The van der Waals surface area contributed by atoms with Crippen molar-refractivity contribution in [3.8, 4) is 0 Å². The van der Waals surface area contributed by atoms with Crippen molar-refractivity contribution in [3.63, 3.8) is 0 Å². The molecule has 1 heteroatoms. The highest BCUT2D eigenvalue weighted by atomic mass is 32.2. The van der Waals surface area contributed by atoms with Crippen molar-refractivity contribution in [2.75, 3.05) is 0 Å². The lowest BCUT2D eigenvalue weighted by Crippen LogP contribution is -2.00. The van der Waals surface area contributed by atoms with E-state index in [1.165, 1.54) is 32.1 Å². The van der Waals surface area contributed by atoms with Crippen molar-refractivity contribution in [2.24, 2.45) is 0 Å². The van der Waals surface area contributed by atoms with Crippen LogP contribution in [0.1, 0.15) is 36.5 Å². The van der Waals surface area contributed by atoms with Gasteiger partial charge in [-0.2, -0.15) is 0 Å². The van der Waals surface area contributed by atoms with Crippen LogP contribution in [0.25, 0.3) is 5.57 Å². The number of fused-ring (bicyclic) bond motifs is 2. The second-order valence-electron chi connectivity index (χ2n) is 5.28. The van der Waals surface area contributed by atoms with Crippen molar-refractivity contribution >= 4 is 17.3 Å². The first kappa shape index (κ1) is 14.2. The van der Waals surface area contributed by atoms with Crippen LogP contribution in [0.2, 0.25) is 0 Å². The van der Waals surface area contributed by atoms with Gasteiger partial charge in [0.2, 0.25) is 0 Å². The Morgan fingerprint density at radius 2 is 1.86 bits per heavy atom. The summed E-state index contributed by atoms with van der Waals surface area (Å²) in [5.74, 6) is 0. The molecule has 0 nitrogen and oxygen atoms in total. The first-order valence-electron chi connectivity index (χ1n) is 7.55. The van der Waals surface area contributed by atoms with E-state index in [9.17, 15) is 0 Å². The molecule has 0 radical (unpaired) electrons. The average Bonchev–Trinajstić information content (AvgIpc) is 2.52. The number of hydrogen-bond acceptors (Lipinski definition) is 1. The normalized spacial score (nSPS) is 14.6. The van der Waals surface area contributed by atoms with Gasteiger partial charge in [0.1, 0.15) is 0 Å². The Bertz CT molecular complexity index is 695. The summed E-state index contributed by atoms with van der Waals surface area (Å²) in [4.78, 5) is 2.75. The minimum Gasteiger partial charge on any atom is -0.103 e. The number of hydrogen-bond donors (Lipinski definition) is 0. The molecule has 2 aromatic rings. The van der Waals surface area contributed by atoms with E-state index in [2.05, 4.69) is 62.0 Å². The van der Waals surface area contributed by atoms with Crippen LogP contribution in [0.15, 0.2) is 71.0 Å². The van der Waals surface area contributed by atoms with Crippen LogP contribution in [-0.2, 0) is 6.42 Å². The number of benzene rings is 2. The predicted octanol–water partition coefficient (Wildman–Crippen LogP) is 6.11. The van der Waals surface area contributed by atoms with Gasteiger partial charge in [-0.3, -0.25) is 0 Å². The molecule has 0 aromatic heterocycles. The number of allylic oxidation sites excluding steroid dienone is 2. The summed E-state index contributed by atoms with van der Waals surface area (Å²) >= 11 is 1.89. The highest BCUT2D eigenvalue weighted by molar-refractivity contribution is 7.99. The Balaban J connectivity index is 2.06. The highest BCUT2D eigenvalue weighted by Gasteiger charge is 2.20. The number of aryl methyl sites for hydroxylation is 1. The maximum Gasteiger partial charge on any atom is 0.0203 e. The topological polar surface area (TPSA) is 0 Å². The Labute approximate surface area is 131 Å². The molecule has 0 saturated heterocycles. The third-order valence-electron chi connectivity index (χ3n) is 3.78. The summed E-state index contributed by atoms with van der Waals surface area (Å²) in [6.07, 6.45) is 7.51. The van der Waals surface area contributed by atoms with Crippen LogP contribution < -0.4 is 0 Å². The summed E-state index contributed by atoms with van der Waals surface area (Å²) in [6, 6.07) is 15.6. The minimum atomic E-state index is 1.04. The van der Waals surface area contributed by atoms with Crippen LogP contribution in [0, 0.1) is 0 Å². The summed E-state index contributed by atoms with van der Waals surface area (Å²) < 4.78 is 0. The third kappa shape index (κ3) is 2.84. The van der Waals surface area contributed by atoms with Crippen molar-refractivity contribution in [1.29, 1.82) is 0 Å². The molecule has 1 aliphatic rings. The van der Waals surface area contributed by atoms with Gasteiger partial charge in [-0.25, -0.2) is 0 Å². The maximum atomic E-state index is 3.82. The lowest BCUT2D eigenvalue weighted by Gasteiger charge is -2.22. The fourth-order valence-electron chi connectivity index (χ4n) is 2.76. The lowest BCUT2D eigenvalue weighted by molar-refractivity contribution is 0.995. The molecule has 2 aromatic carbocycles. The molecule has 0 amide bonds. The second-order valence-corrected chi connectivity index (χ2v) is 6.37. The summed E-state index contributed by atoms with van der Waals surface area (Å²) in [6.45, 7) is 6.02. The molecule has 0 unspecified atom stereocenters. The Hall–Kier alpha value is -1.73. The van der Waals surface area contributed by atoms with Gasteiger partial charge < -0.3 is 0 Å². The maximum absolute atomic E-state index is 3.82. The monoisotopic (exact) mass is 292 g/mol. The summed E-state index contributed by atoms with van der Waals surface area (Å²) in [5, 5.41) is 0. The molecule has 1 heterocycles. The summed E-state index contributed by atoms with van der Waals surface area (Å²) in [7, 11) is 0. The van der Waals surface area contributed by atoms with Crippen LogP contribution in [-0.4, -0.2) is 0 Å². The van der Waals surface area contributed by atoms with Gasteiger partial charge in [0.25, 0.3) is 0 Å². The highest BCUT2D eigenvalue weighted by Crippen LogP contribution is 2.45. The molecule has 0 spiro atoms. The zero-order chi connectivity index (χ0) is 14.7. The van der Waals surface area contributed by atoms with Crippen molar-refractivity contribution in [3.05, 3.63) is 77.9 Å². The Morgan fingerprint density at radius 3 is 2.67 bits per heavy atom.